The van der Waals surface area contributed by atoms with Gasteiger partial charge in [0.15, 0.2) is 0 Å². The van der Waals surface area contributed by atoms with E-state index in [1.54, 1.807) is 6.92 Å². The molecule has 0 aliphatic rings. The largest absolute Gasteiger partial charge is 0.478 e. The smallest absolute Gasteiger partial charge is 0.328 e. The molecule has 7 nitrogen and oxygen atoms in total. The summed E-state index contributed by atoms with van der Waals surface area (Å²) in [5, 5.41) is 15.7. The van der Waals surface area contributed by atoms with E-state index >= 15 is 0 Å². The van der Waals surface area contributed by atoms with Gasteiger partial charge in [0, 0.05) is 31.6 Å². The van der Waals surface area contributed by atoms with Crippen LogP contribution in [0.1, 0.15) is 22.4 Å². The average Bonchev–Trinajstić information content (AvgIpc) is 3.04. The third-order valence-electron chi connectivity index (χ3n) is 4.24. The molecule has 0 aliphatic heterocycles. The summed E-state index contributed by atoms with van der Waals surface area (Å²) in [5.74, 6) is -3.31. The van der Waals surface area contributed by atoms with Crippen molar-refractivity contribution in [1.29, 1.82) is 0 Å². The van der Waals surface area contributed by atoms with Crippen LogP contribution in [0.2, 0.25) is 0 Å². The van der Waals surface area contributed by atoms with Gasteiger partial charge in [0.1, 0.15) is 17.0 Å². The van der Waals surface area contributed by atoms with Gasteiger partial charge >= 0.3 is 5.97 Å². The quantitative estimate of drug-likeness (QED) is 0.466. The highest BCUT2D eigenvalue weighted by Crippen LogP contribution is 2.42. The van der Waals surface area contributed by atoms with Gasteiger partial charge in [-0.3, -0.25) is 9.88 Å². The number of hydrogen-bond acceptors (Lipinski definition) is 5. The van der Waals surface area contributed by atoms with Crippen LogP contribution in [0.4, 0.5) is 18.0 Å². The van der Waals surface area contributed by atoms with Gasteiger partial charge in [-0.2, -0.15) is 5.04 Å². The Morgan fingerprint density at radius 2 is 1.90 bits per heavy atom. The number of rotatable bonds is 7. The minimum absolute atomic E-state index is 0.00863. The molecule has 0 saturated heterocycles. The molecule has 1 heterocycles. The molecule has 1 N–H and O–H groups in total. The van der Waals surface area contributed by atoms with Crippen molar-refractivity contribution in [2.75, 3.05) is 0 Å². The van der Waals surface area contributed by atoms with Crippen LogP contribution < -0.4 is 14.9 Å². The lowest BCUT2D eigenvalue weighted by atomic mass is 9.98. The number of hydrogen-bond donors (Lipinski definition) is 1. The van der Waals surface area contributed by atoms with E-state index in [-0.39, 0.29) is 28.6 Å². The molecule has 0 radical (unpaired) electrons. The maximum Gasteiger partial charge on any atom is 0.328 e. The van der Waals surface area contributed by atoms with Crippen LogP contribution in [0.25, 0.3) is 17.0 Å². The molecule has 1 aromatic heterocycles. The fourth-order valence-electron chi connectivity index (χ4n) is 2.95. The van der Waals surface area contributed by atoms with E-state index in [1.165, 1.54) is 24.3 Å². The van der Waals surface area contributed by atoms with E-state index in [2.05, 4.69) is 20.0 Å². The Balaban J connectivity index is 2.25. The molecule has 3 aromatic rings. The Labute approximate surface area is 160 Å². The lowest BCUT2D eigenvalue weighted by Crippen LogP contribution is -2.04. The first-order chi connectivity index (χ1) is 13.9. The van der Waals surface area contributed by atoms with Gasteiger partial charge in [-0.05, 0) is 42.3 Å². The molecular weight excluding hydrogens is 400 g/mol. The third kappa shape index (κ3) is 3.79. The van der Waals surface area contributed by atoms with E-state index in [4.69, 9.17) is 5.11 Å². The van der Waals surface area contributed by atoms with Crippen LogP contribution in [0.15, 0.2) is 30.3 Å². The molecule has 0 amide bonds. The molecule has 0 fully saturated rings. The van der Waals surface area contributed by atoms with Crippen LogP contribution in [-0.2, 0) is 11.2 Å². The van der Waals surface area contributed by atoms with E-state index in [0.29, 0.717) is 22.0 Å². The summed E-state index contributed by atoms with van der Waals surface area (Å²) in [5.41, 5.74) is 0.607. The Morgan fingerprint density at radius 3 is 2.48 bits per heavy atom. The number of aliphatic carboxylic acids is 1. The number of aromatic nitrogens is 2. The van der Waals surface area contributed by atoms with E-state index < -0.39 is 23.3 Å². The highest BCUT2D eigenvalue weighted by Gasteiger charge is 2.26. The molecule has 0 saturated carbocycles. The highest BCUT2D eigenvalue weighted by molar-refractivity contribution is 5.97. The number of carboxylic acid groups (broad SMARTS) is 1. The Kier molecular flexibility index (Phi) is 5.57. The molecule has 0 aliphatic carbocycles. The molecule has 0 atom stereocenters. The standard InChI is InChI=1S/C18H12F4N2O5/c1-9-6-12(19)3-2-10(9)7-11-8-14-16(18(28-21)17(11)27-20)13(4-5-15(25)26)23-24(14)29-22/h2-6,8H,7H2,1H3,(H,25,26)/b5-4+. The molecule has 2 aromatic carbocycles. The first kappa shape index (κ1) is 20.0. The van der Waals surface area contributed by atoms with Gasteiger partial charge in [0.25, 0.3) is 0 Å². The van der Waals surface area contributed by atoms with Crippen LogP contribution in [0.3, 0.4) is 0 Å². The number of carboxylic acids is 1. The summed E-state index contributed by atoms with van der Waals surface area (Å²) in [4.78, 5) is 18.6. The number of carbonyl (C=O) groups is 1. The summed E-state index contributed by atoms with van der Waals surface area (Å²) < 4.78 is 52.9. The zero-order chi connectivity index (χ0) is 21.1. The Hall–Kier alpha value is -3.76. The van der Waals surface area contributed by atoms with Crippen molar-refractivity contribution in [1.82, 2.24) is 9.94 Å². The summed E-state index contributed by atoms with van der Waals surface area (Å²) in [6, 6.07) is 5.07. The topological polar surface area (TPSA) is 82.8 Å². The van der Waals surface area contributed by atoms with E-state index in [1.807, 2.05) is 0 Å². The number of fused-ring (bicyclic) bond motifs is 1. The van der Waals surface area contributed by atoms with Crippen molar-refractivity contribution in [3.05, 3.63) is 58.5 Å². The minimum atomic E-state index is -1.36. The molecule has 11 heteroatoms. The molecular formula is C18H12F4N2O5. The summed E-state index contributed by atoms with van der Waals surface area (Å²) >= 11 is 0. The molecule has 0 unspecified atom stereocenters. The van der Waals surface area contributed by atoms with Gasteiger partial charge in [-0.25, -0.2) is 9.18 Å². The average molecular weight is 412 g/mol. The van der Waals surface area contributed by atoms with E-state index in [0.717, 1.165) is 6.08 Å². The maximum absolute atomic E-state index is 13.3. The number of aryl methyl sites for hydroxylation is 1. The number of benzene rings is 2. The summed E-state index contributed by atoms with van der Waals surface area (Å²) in [6.07, 6.45) is 1.50. The van der Waals surface area contributed by atoms with E-state index in [9.17, 15) is 22.8 Å². The SMILES string of the molecule is Cc1cc(F)ccc1Cc1cc2c(c(/C=C/C(=O)O)nn2OF)c(OF)c1OF. The predicted molar refractivity (Wildman–Crippen MR) is 91.5 cm³/mol. The third-order valence-corrected chi connectivity index (χ3v) is 4.24. The monoisotopic (exact) mass is 412 g/mol. The van der Waals surface area contributed by atoms with Gasteiger partial charge < -0.3 is 5.11 Å². The van der Waals surface area contributed by atoms with Crippen LogP contribution in [0, 0.1) is 12.7 Å². The lowest BCUT2D eigenvalue weighted by molar-refractivity contribution is -0.146. The second-order valence-electron chi connectivity index (χ2n) is 5.99. The Bertz CT molecular complexity index is 1110. The van der Waals surface area contributed by atoms with Crippen molar-refractivity contribution in [3.8, 4) is 11.5 Å². The van der Waals surface area contributed by atoms with Crippen molar-refractivity contribution in [3.63, 3.8) is 0 Å². The van der Waals surface area contributed by atoms with Gasteiger partial charge in [-0.1, -0.05) is 10.9 Å². The van der Waals surface area contributed by atoms with Gasteiger partial charge in [-0.15, -0.1) is 5.10 Å². The minimum Gasteiger partial charge on any atom is -0.478 e. The van der Waals surface area contributed by atoms with Crippen molar-refractivity contribution in [2.45, 2.75) is 13.3 Å². The van der Waals surface area contributed by atoms with Gasteiger partial charge in [0.05, 0.1) is 5.39 Å². The zero-order valence-corrected chi connectivity index (χ0v) is 14.7. The molecule has 0 spiro atoms. The fraction of sp³-hybridized carbons (Fsp3) is 0.111. The predicted octanol–water partition coefficient (Wildman–Crippen LogP) is 4.01. The first-order valence-corrected chi connectivity index (χ1v) is 8.00. The van der Waals surface area contributed by atoms with Crippen molar-refractivity contribution < 1.29 is 42.8 Å². The second-order valence-corrected chi connectivity index (χ2v) is 5.99. The maximum atomic E-state index is 13.3. The van der Waals surface area contributed by atoms with Crippen LogP contribution in [0.5, 0.6) is 11.5 Å². The summed E-state index contributed by atoms with van der Waals surface area (Å²) in [7, 11) is 0. The fourth-order valence-corrected chi connectivity index (χ4v) is 2.95. The normalized spacial score (nSPS) is 11.2. The second kappa shape index (κ2) is 8.09. The van der Waals surface area contributed by atoms with Crippen LogP contribution in [-0.4, -0.2) is 21.0 Å². The highest BCUT2D eigenvalue weighted by atomic mass is 19.3. The first-order valence-electron chi connectivity index (χ1n) is 8.00. The molecule has 0 bridgehead atoms. The van der Waals surface area contributed by atoms with Crippen LogP contribution >= 0.6 is 0 Å². The van der Waals surface area contributed by atoms with Crippen molar-refractivity contribution in [2.24, 2.45) is 0 Å². The zero-order valence-electron chi connectivity index (χ0n) is 14.7. The molecule has 3 rings (SSSR count). The van der Waals surface area contributed by atoms with Gasteiger partial charge in [0.2, 0.25) is 11.5 Å². The molecule has 29 heavy (non-hydrogen) atoms. The molecule has 152 valence electrons. The Morgan fingerprint density at radius 1 is 1.17 bits per heavy atom. The van der Waals surface area contributed by atoms with Crippen molar-refractivity contribution >= 4 is 22.9 Å². The summed E-state index contributed by atoms with van der Waals surface area (Å²) in [6.45, 7) is 1.61. The number of halogens is 4. The lowest BCUT2D eigenvalue weighted by Gasteiger charge is -2.11. The number of nitrogens with zero attached hydrogens (tertiary/aromatic N) is 2.